The van der Waals surface area contributed by atoms with Crippen molar-refractivity contribution < 1.29 is 22.7 Å². The van der Waals surface area contributed by atoms with Crippen molar-refractivity contribution >= 4 is 39.3 Å². The lowest BCUT2D eigenvalue weighted by atomic mass is 9.99. The summed E-state index contributed by atoms with van der Waals surface area (Å²) in [7, 11) is -2.55. The zero-order valence-corrected chi connectivity index (χ0v) is 18.2. The number of carbonyl (C=O) groups is 2. The van der Waals surface area contributed by atoms with Crippen LogP contribution in [0.5, 0.6) is 0 Å². The predicted molar refractivity (Wildman–Crippen MR) is 112 cm³/mol. The molecule has 1 fully saturated rings. The Bertz CT molecular complexity index is 1060. The largest absolute Gasteiger partial charge is 0.465 e. The second-order valence-corrected chi connectivity index (χ2v) is 9.37. The molecule has 1 aliphatic rings. The smallest absolute Gasteiger partial charge is 0.337 e. The summed E-state index contributed by atoms with van der Waals surface area (Å²) in [5, 5.41) is 3.16. The zero-order valence-electron chi connectivity index (χ0n) is 16.6. The number of hydrogen-bond acceptors (Lipinski definition) is 6. The third-order valence-corrected chi connectivity index (χ3v) is 7.20. The van der Waals surface area contributed by atoms with Crippen LogP contribution in [-0.2, 0) is 19.6 Å². The molecule has 0 bridgehead atoms. The van der Waals surface area contributed by atoms with Crippen LogP contribution in [0, 0.1) is 12.8 Å². The summed E-state index contributed by atoms with van der Waals surface area (Å²) in [6, 6.07) is 7.51. The molecule has 0 saturated carbocycles. The van der Waals surface area contributed by atoms with Crippen LogP contribution < -0.4 is 5.32 Å². The molecule has 1 amide bonds. The number of anilines is 1. The van der Waals surface area contributed by atoms with Gasteiger partial charge in [-0.2, -0.15) is 4.31 Å². The predicted octanol–water partition coefficient (Wildman–Crippen LogP) is 2.87. The van der Waals surface area contributed by atoms with Crippen LogP contribution in [0.4, 0.5) is 5.82 Å². The monoisotopic (exact) mass is 451 g/mol. The minimum atomic E-state index is -3.82. The molecule has 1 N–H and O–H groups in total. The number of carbonyl (C=O) groups excluding carboxylic acids is 2. The van der Waals surface area contributed by atoms with E-state index in [4.69, 9.17) is 11.6 Å². The van der Waals surface area contributed by atoms with E-state index < -0.39 is 21.9 Å². The Hall–Kier alpha value is -2.49. The van der Waals surface area contributed by atoms with Gasteiger partial charge in [0.05, 0.1) is 28.5 Å². The summed E-state index contributed by atoms with van der Waals surface area (Å²) in [5.41, 5.74) is 0.718. The fourth-order valence-electron chi connectivity index (χ4n) is 3.38. The molecular formula is C20H22ClN3O5S. The number of halogens is 1. The normalized spacial score (nSPS) is 17.4. The SMILES string of the molecule is COC(=O)c1ccc(S(=O)(=O)N2CCCC(C(=O)Nc3ccc(Cl)cn3)C2)c(C)c1. The molecule has 1 atom stereocenters. The van der Waals surface area contributed by atoms with Crippen molar-refractivity contribution in [3.05, 3.63) is 52.7 Å². The first-order valence-corrected chi connectivity index (χ1v) is 11.2. The molecule has 3 rings (SSSR count). The van der Waals surface area contributed by atoms with E-state index in [0.29, 0.717) is 35.8 Å². The van der Waals surface area contributed by atoms with E-state index in [1.54, 1.807) is 19.1 Å². The van der Waals surface area contributed by atoms with Crippen molar-refractivity contribution in [1.82, 2.24) is 9.29 Å². The van der Waals surface area contributed by atoms with Gasteiger partial charge in [-0.05, 0) is 55.7 Å². The first-order chi connectivity index (χ1) is 14.2. The van der Waals surface area contributed by atoms with Gasteiger partial charge in [-0.25, -0.2) is 18.2 Å². The molecule has 2 aromatic rings. The third-order valence-electron chi connectivity index (χ3n) is 4.95. The number of nitrogens with one attached hydrogen (secondary N) is 1. The molecule has 160 valence electrons. The number of sulfonamides is 1. The second-order valence-electron chi connectivity index (χ2n) is 7.02. The molecule has 1 aromatic carbocycles. The molecular weight excluding hydrogens is 430 g/mol. The van der Waals surface area contributed by atoms with Gasteiger partial charge in [0.15, 0.2) is 0 Å². The Morgan fingerprint density at radius 3 is 2.67 bits per heavy atom. The van der Waals surface area contributed by atoms with Gasteiger partial charge in [0.25, 0.3) is 0 Å². The molecule has 0 radical (unpaired) electrons. The van der Waals surface area contributed by atoms with Gasteiger partial charge in [0.2, 0.25) is 15.9 Å². The van der Waals surface area contributed by atoms with Crippen LogP contribution in [-0.4, -0.2) is 49.8 Å². The summed E-state index contributed by atoms with van der Waals surface area (Å²) in [4.78, 5) is 28.4. The lowest BCUT2D eigenvalue weighted by Gasteiger charge is -2.31. The number of hydrogen-bond donors (Lipinski definition) is 1. The Morgan fingerprint density at radius 2 is 2.03 bits per heavy atom. The van der Waals surface area contributed by atoms with Crippen LogP contribution in [0.15, 0.2) is 41.4 Å². The van der Waals surface area contributed by atoms with E-state index in [-0.39, 0.29) is 22.9 Å². The standard InChI is InChI=1S/C20H22ClN3O5S/c1-13-10-14(20(26)29-2)5-7-17(13)30(27,28)24-9-3-4-15(12-24)19(25)23-18-8-6-16(21)11-22-18/h5-8,10-11,15H,3-4,9,12H2,1-2H3,(H,22,23,25). The first kappa shape index (κ1) is 22.2. The topological polar surface area (TPSA) is 106 Å². The fourth-order valence-corrected chi connectivity index (χ4v) is 5.22. The van der Waals surface area contributed by atoms with Crippen molar-refractivity contribution in [1.29, 1.82) is 0 Å². The Balaban J connectivity index is 1.76. The quantitative estimate of drug-likeness (QED) is 0.700. The highest BCUT2D eigenvalue weighted by atomic mass is 35.5. The van der Waals surface area contributed by atoms with E-state index in [1.807, 2.05) is 0 Å². The Morgan fingerprint density at radius 1 is 1.27 bits per heavy atom. The van der Waals surface area contributed by atoms with E-state index in [1.165, 1.54) is 35.8 Å². The lowest BCUT2D eigenvalue weighted by Crippen LogP contribution is -2.43. The lowest BCUT2D eigenvalue weighted by molar-refractivity contribution is -0.120. The van der Waals surface area contributed by atoms with Gasteiger partial charge in [0, 0.05) is 19.3 Å². The van der Waals surface area contributed by atoms with E-state index in [9.17, 15) is 18.0 Å². The van der Waals surface area contributed by atoms with Crippen molar-refractivity contribution in [3.8, 4) is 0 Å². The number of ether oxygens (including phenoxy) is 1. The molecule has 8 nitrogen and oxygen atoms in total. The molecule has 2 heterocycles. The molecule has 0 spiro atoms. The number of benzene rings is 1. The number of nitrogens with zero attached hydrogens (tertiary/aromatic N) is 2. The van der Waals surface area contributed by atoms with Crippen LogP contribution >= 0.6 is 11.6 Å². The first-order valence-electron chi connectivity index (χ1n) is 9.34. The Labute approximate surface area is 180 Å². The van der Waals surface area contributed by atoms with E-state index >= 15 is 0 Å². The molecule has 1 aliphatic heterocycles. The summed E-state index contributed by atoms with van der Waals surface area (Å²) in [5.74, 6) is -0.964. The number of methoxy groups -OCH3 is 1. The van der Waals surface area contributed by atoms with Crippen LogP contribution in [0.25, 0.3) is 0 Å². The summed E-state index contributed by atoms with van der Waals surface area (Å²) in [6.45, 7) is 2.02. The molecule has 1 saturated heterocycles. The molecule has 0 aliphatic carbocycles. The average Bonchev–Trinajstić information content (AvgIpc) is 2.74. The minimum Gasteiger partial charge on any atom is -0.465 e. The number of aryl methyl sites for hydroxylation is 1. The van der Waals surface area contributed by atoms with Gasteiger partial charge in [-0.1, -0.05) is 11.6 Å². The highest BCUT2D eigenvalue weighted by Gasteiger charge is 2.34. The van der Waals surface area contributed by atoms with Gasteiger partial charge in [-0.15, -0.1) is 0 Å². The van der Waals surface area contributed by atoms with Crippen molar-refractivity contribution in [2.24, 2.45) is 5.92 Å². The highest BCUT2D eigenvalue weighted by Crippen LogP contribution is 2.27. The van der Waals surface area contributed by atoms with Crippen LogP contribution in [0.3, 0.4) is 0 Å². The van der Waals surface area contributed by atoms with Crippen molar-refractivity contribution in [2.45, 2.75) is 24.7 Å². The number of rotatable bonds is 5. The maximum Gasteiger partial charge on any atom is 0.337 e. The number of piperidine rings is 1. The highest BCUT2D eigenvalue weighted by molar-refractivity contribution is 7.89. The number of esters is 1. The van der Waals surface area contributed by atoms with E-state index in [0.717, 1.165) is 0 Å². The van der Waals surface area contributed by atoms with Gasteiger partial charge in [0.1, 0.15) is 5.82 Å². The molecule has 1 unspecified atom stereocenters. The second kappa shape index (κ2) is 9.11. The zero-order chi connectivity index (χ0) is 21.9. The molecule has 1 aromatic heterocycles. The minimum absolute atomic E-state index is 0.0694. The summed E-state index contributed by atoms with van der Waals surface area (Å²) >= 11 is 5.80. The maximum absolute atomic E-state index is 13.2. The number of aromatic nitrogens is 1. The number of pyridine rings is 1. The van der Waals surface area contributed by atoms with Crippen LogP contribution in [0.2, 0.25) is 5.02 Å². The van der Waals surface area contributed by atoms with Crippen molar-refractivity contribution in [2.75, 3.05) is 25.5 Å². The van der Waals surface area contributed by atoms with Gasteiger partial charge < -0.3 is 10.1 Å². The fraction of sp³-hybridized carbons (Fsp3) is 0.350. The molecule has 10 heteroatoms. The summed E-state index contributed by atoms with van der Waals surface area (Å²) in [6.07, 6.45) is 2.56. The molecule has 30 heavy (non-hydrogen) atoms. The van der Waals surface area contributed by atoms with E-state index in [2.05, 4.69) is 15.0 Å². The van der Waals surface area contributed by atoms with Crippen molar-refractivity contribution in [3.63, 3.8) is 0 Å². The van der Waals surface area contributed by atoms with Crippen LogP contribution in [0.1, 0.15) is 28.8 Å². The average molecular weight is 452 g/mol. The van der Waals surface area contributed by atoms with Gasteiger partial charge >= 0.3 is 5.97 Å². The number of amides is 1. The summed E-state index contributed by atoms with van der Waals surface area (Å²) < 4.78 is 32.3. The maximum atomic E-state index is 13.2. The third kappa shape index (κ3) is 4.80. The Kier molecular flexibility index (Phi) is 6.74. The van der Waals surface area contributed by atoms with Gasteiger partial charge in [-0.3, -0.25) is 4.79 Å².